The Hall–Kier alpha value is -0.950. The molecular formula is C15H23N3O2S. The largest absolute Gasteiger partial charge is 0.326 e. The molecule has 21 heavy (non-hydrogen) atoms. The number of rotatable bonds is 4. The van der Waals surface area contributed by atoms with Crippen molar-refractivity contribution in [2.75, 3.05) is 13.1 Å². The van der Waals surface area contributed by atoms with E-state index in [-0.39, 0.29) is 6.04 Å². The summed E-state index contributed by atoms with van der Waals surface area (Å²) in [6.45, 7) is 4.28. The molecule has 2 fully saturated rings. The Kier molecular flexibility index (Phi) is 4.05. The molecule has 3 N–H and O–H groups in total. The Morgan fingerprint density at radius 1 is 1.33 bits per heavy atom. The van der Waals surface area contributed by atoms with E-state index in [2.05, 4.69) is 9.62 Å². The molecule has 0 bridgehead atoms. The molecule has 6 heteroatoms. The van der Waals surface area contributed by atoms with Crippen molar-refractivity contribution >= 4 is 10.0 Å². The smallest absolute Gasteiger partial charge is 0.241 e. The number of hydrogen-bond donors (Lipinski definition) is 2. The standard InChI is InChI=1S/C15H23N3O2S/c1-11-4-5-12(10-16)9-15(11)21(19,20)17-13-6-8-18-7-2-3-14(13)18/h4-5,9,13-14,17H,2-3,6-8,10,16H2,1H3. The van der Waals surface area contributed by atoms with Gasteiger partial charge in [-0.2, -0.15) is 0 Å². The maximum Gasteiger partial charge on any atom is 0.241 e. The monoisotopic (exact) mass is 309 g/mol. The van der Waals surface area contributed by atoms with E-state index < -0.39 is 10.0 Å². The highest BCUT2D eigenvalue weighted by Crippen LogP contribution is 2.29. The van der Waals surface area contributed by atoms with Crippen molar-refractivity contribution < 1.29 is 8.42 Å². The molecule has 0 aromatic heterocycles. The summed E-state index contributed by atoms with van der Waals surface area (Å²) < 4.78 is 28.3. The number of nitrogens with zero attached hydrogens (tertiary/aromatic N) is 1. The second-order valence-corrected chi connectivity index (χ2v) is 7.75. The third kappa shape index (κ3) is 2.85. The van der Waals surface area contributed by atoms with E-state index in [1.807, 2.05) is 19.1 Å². The summed E-state index contributed by atoms with van der Waals surface area (Å²) in [4.78, 5) is 2.76. The zero-order chi connectivity index (χ0) is 15.0. The van der Waals surface area contributed by atoms with Gasteiger partial charge in [0.1, 0.15) is 0 Å². The quantitative estimate of drug-likeness (QED) is 0.869. The van der Waals surface area contributed by atoms with Gasteiger partial charge < -0.3 is 5.73 Å². The lowest BCUT2D eigenvalue weighted by Crippen LogP contribution is -2.42. The second-order valence-electron chi connectivity index (χ2n) is 6.07. The Labute approximate surface area is 126 Å². The highest BCUT2D eigenvalue weighted by Gasteiger charge is 2.39. The Balaban J connectivity index is 1.84. The van der Waals surface area contributed by atoms with Crippen molar-refractivity contribution in [3.05, 3.63) is 29.3 Å². The molecule has 0 amide bonds. The predicted octanol–water partition coefficient (Wildman–Crippen LogP) is 0.969. The topological polar surface area (TPSA) is 75.4 Å². The van der Waals surface area contributed by atoms with Crippen LogP contribution in [0.25, 0.3) is 0 Å². The van der Waals surface area contributed by atoms with Gasteiger partial charge in [-0.15, -0.1) is 0 Å². The third-order valence-corrected chi connectivity index (χ3v) is 6.32. The maximum atomic E-state index is 12.7. The lowest BCUT2D eigenvalue weighted by atomic mass is 10.1. The SMILES string of the molecule is Cc1ccc(CN)cc1S(=O)(=O)NC1CCN2CCCC12. The first kappa shape index (κ1) is 15.0. The van der Waals surface area contributed by atoms with Crippen molar-refractivity contribution in [1.82, 2.24) is 9.62 Å². The van der Waals surface area contributed by atoms with Gasteiger partial charge in [-0.25, -0.2) is 13.1 Å². The van der Waals surface area contributed by atoms with Gasteiger partial charge in [-0.1, -0.05) is 12.1 Å². The summed E-state index contributed by atoms with van der Waals surface area (Å²) in [5, 5.41) is 0. The van der Waals surface area contributed by atoms with Gasteiger partial charge in [0.25, 0.3) is 0 Å². The minimum atomic E-state index is -3.48. The van der Waals surface area contributed by atoms with Gasteiger partial charge in [0, 0.05) is 25.2 Å². The van der Waals surface area contributed by atoms with E-state index in [0.717, 1.165) is 37.1 Å². The van der Waals surface area contributed by atoms with Gasteiger partial charge in [0.05, 0.1) is 4.90 Å². The molecule has 3 rings (SSSR count). The molecule has 1 aromatic carbocycles. The van der Waals surface area contributed by atoms with E-state index in [4.69, 9.17) is 5.73 Å². The summed E-state index contributed by atoms with van der Waals surface area (Å²) in [5.41, 5.74) is 7.23. The molecule has 2 heterocycles. The lowest BCUT2D eigenvalue weighted by molar-refractivity contribution is 0.309. The molecule has 5 nitrogen and oxygen atoms in total. The van der Waals surface area contributed by atoms with Crippen LogP contribution in [-0.4, -0.2) is 38.5 Å². The number of sulfonamides is 1. The molecule has 0 saturated carbocycles. The van der Waals surface area contributed by atoms with E-state index in [1.165, 1.54) is 6.42 Å². The lowest BCUT2D eigenvalue weighted by Gasteiger charge is -2.21. The first-order valence-electron chi connectivity index (χ1n) is 7.57. The van der Waals surface area contributed by atoms with Gasteiger partial charge in [0.15, 0.2) is 0 Å². The van der Waals surface area contributed by atoms with Gasteiger partial charge in [-0.05, 0) is 49.9 Å². The normalized spacial score (nSPS) is 26.2. The van der Waals surface area contributed by atoms with Crippen LogP contribution in [0.3, 0.4) is 0 Å². The maximum absolute atomic E-state index is 12.7. The summed E-state index contributed by atoms with van der Waals surface area (Å²) in [6.07, 6.45) is 3.17. The minimum absolute atomic E-state index is 0.0402. The van der Waals surface area contributed by atoms with Crippen LogP contribution in [0.15, 0.2) is 23.1 Å². The van der Waals surface area contributed by atoms with E-state index in [0.29, 0.717) is 17.5 Å². The second kappa shape index (κ2) is 5.68. The van der Waals surface area contributed by atoms with Crippen molar-refractivity contribution in [2.45, 2.75) is 49.7 Å². The van der Waals surface area contributed by atoms with Crippen molar-refractivity contribution in [3.8, 4) is 0 Å². The number of benzene rings is 1. The molecule has 0 radical (unpaired) electrons. The van der Waals surface area contributed by atoms with E-state index in [9.17, 15) is 8.42 Å². The van der Waals surface area contributed by atoms with Crippen LogP contribution < -0.4 is 10.5 Å². The Morgan fingerprint density at radius 2 is 2.14 bits per heavy atom. The molecule has 2 atom stereocenters. The molecule has 0 aliphatic carbocycles. The number of nitrogens with one attached hydrogen (secondary N) is 1. The predicted molar refractivity (Wildman–Crippen MR) is 82.4 cm³/mol. The number of nitrogens with two attached hydrogens (primary N) is 1. The number of fused-ring (bicyclic) bond motifs is 1. The summed E-state index contributed by atoms with van der Waals surface area (Å²) in [6, 6.07) is 5.81. The fraction of sp³-hybridized carbons (Fsp3) is 0.600. The molecular weight excluding hydrogens is 286 g/mol. The average Bonchev–Trinajstić information content (AvgIpc) is 3.04. The highest BCUT2D eigenvalue weighted by molar-refractivity contribution is 7.89. The van der Waals surface area contributed by atoms with Crippen molar-refractivity contribution in [1.29, 1.82) is 0 Å². The number of hydrogen-bond acceptors (Lipinski definition) is 4. The van der Waals surface area contributed by atoms with Crippen LogP contribution in [-0.2, 0) is 16.6 Å². The van der Waals surface area contributed by atoms with Crippen molar-refractivity contribution in [3.63, 3.8) is 0 Å². The van der Waals surface area contributed by atoms with Crippen LogP contribution in [0.4, 0.5) is 0 Å². The molecule has 1 aromatic rings. The van der Waals surface area contributed by atoms with Crippen molar-refractivity contribution in [2.24, 2.45) is 5.73 Å². The van der Waals surface area contributed by atoms with Gasteiger partial charge in [-0.3, -0.25) is 4.90 Å². The van der Waals surface area contributed by atoms with E-state index >= 15 is 0 Å². The van der Waals surface area contributed by atoms with Crippen LogP contribution in [0, 0.1) is 6.92 Å². The first-order valence-corrected chi connectivity index (χ1v) is 9.05. The third-order valence-electron chi connectivity index (χ3n) is 4.69. The van der Waals surface area contributed by atoms with Gasteiger partial charge >= 0.3 is 0 Å². The average molecular weight is 309 g/mol. The molecule has 116 valence electrons. The highest BCUT2D eigenvalue weighted by atomic mass is 32.2. The van der Waals surface area contributed by atoms with Crippen LogP contribution in [0.5, 0.6) is 0 Å². The van der Waals surface area contributed by atoms with Gasteiger partial charge in [0.2, 0.25) is 10.0 Å². The Bertz CT molecular complexity index is 630. The number of aryl methyl sites for hydroxylation is 1. The molecule has 2 aliphatic rings. The van der Waals surface area contributed by atoms with Crippen LogP contribution >= 0.6 is 0 Å². The minimum Gasteiger partial charge on any atom is -0.326 e. The van der Waals surface area contributed by atoms with E-state index in [1.54, 1.807) is 6.07 Å². The summed E-state index contributed by atoms with van der Waals surface area (Å²) in [7, 11) is -3.48. The van der Waals surface area contributed by atoms with Crippen LogP contribution in [0.1, 0.15) is 30.4 Å². The van der Waals surface area contributed by atoms with Crippen LogP contribution in [0.2, 0.25) is 0 Å². The Morgan fingerprint density at radius 3 is 2.90 bits per heavy atom. The molecule has 2 saturated heterocycles. The molecule has 2 unspecified atom stereocenters. The zero-order valence-electron chi connectivity index (χ0n) is 12.4. The fourth-order valence-electron chi connectivity index (χ4n) is 3.54. The zero-order valence-corrected chi connectivity index (χ0v) is 13.2. The fourth-order valence-corrected chi connectivity index (χ4v) is 5.14. The first-order chi connectivity index (χ1) is 10.0. The molecule has 0 spiro atoms. The summed E-state index contributed by atoms with van der Waals surface area (Å²) >= 11 is 0. The summed E-state index contributed by atoms with van der Waals surface area (Å²) in [5.74, 6) is 0. The molecule has 2 aliphatic heterocycles.